The molecular formula is C57H39NO2. The highest BCUT2D eigenvalue weighted by atomic mass is 16.3. The first-order valence-electron chi connectivity index (χ1n) is 20.7. The van der Waals surface area contributed by atoms with Gasteiger partial charge in [0.2, 0.25) is 0 Å². The van der Waals surface area contributed by atoms with Gasteiger partial charge >= 0.3 is 0 Å². The maximum atomic E-state index is 7.14. The van der Waals surface area contributed by atoms with Crippen molar-refractivity contribution in [3.8, 4) is 44.5 Å². The van der Waals surface area contributed by atoms with E-state index in [1.54, 1.807) is 0 Å². The minimum Gasteiger partial charge on any atom is -0.456 e. The van der Waals surface area contributed by atoms with Crippen LogP contribution in [0.15, 0.2) is 209 Å². The zero-order valence-electron chi connectivity index (χ0n) is 33.3. The van der Waals surface area contributed by atoms with Crippen LogP contribution < -0.4 is 4.90 Å². The number of nitrogens with zero attached hydrogens (tertiary/aromatic N) is 1. The third kappa shape index (κ3) is 5.15. The summed E-state index contributed by atoms with van der Waals surface area (Å²) in [5.41, 5.74) is 18.4. The van der Waals surface area contributed by atoms with Gasteiger partial charge in [-0.2, -0.15) is 0 Å². The number of para-hydroxylation sites is 2. The summed E-state index contributed by atoms with van der Waals surface area (Å²) in [5, 5.41) is 4.16. The Morgan fingerprint density at radius 1 is 0.383 bits per heavy atom. The highest BCUT2D eigenvalue weighted by molar-refractivity contribution is 6.25. The second kappa shape index (κ2) is 13.2. The number of benzene rings is 9. The van der Waals surface area contributed by atoms with Gasteiger partial charge in [-0.25, -0.2) is 0 Å². The van der Waals surface area contributed by atoms with Crippen LogP contribution in [0.3, 0.4) is 0 Å². The molecule has 0 N–H and O–H groups in total. The Bertz CT molecular complexity index is 3450. The van der Waals surface area contributed by atoms with E-state index in [0.29, 0.717) is 0 Å². The van der Waals surface area contributed by atoms with E-state index in [0.717, 1.165) is 83.2 Å². The van der Waals surface area contributed by atoms with E-state index in [4.69, 9.17) is 8.83 Å². The quantitative estimate of drug-likeness (QED) is 0.169. The molecule has 0 saturated heterocycles. The van der Waals surface area contributed by atoms with Crippen molar-refractivity contribution in [1.29, 1.82) is 0 Å². The van der Waals surface area contributed by atoms with E-state index in [2.05, 4.69) is 213 Å². The molecule has 0 radical (unpaired) electrons. The zero-order valence-corrected chi connectivity index (χ0v) is 33.3. The van der Waals surface area contributed by atoms with Gasteiger partial charge in [0.05, 0.1) is 16.8 Å². The van der Waals surface area contributed by atoms with Crippen molar-refractivity contribution in [2.24, 2.45) is 0 Å². The van der Waals surface area contributed by atoms with Crippen molar-refractivity contribution in [1.82, 2.24) is 0 Å². The molecule has 2 heterocycles. The normalized spacial score (nSPS) is 13.0. The number of hydrogen-bond donors (Lipinski definition) is 0. The van der Waals surface area contributed by atoms with Crippen LogP contribution in [0.1, 0.15) is 25.0 Å². The lowest BCUT2D eigenvalue weighted by Crippen LogP contribution is -2.17. The lowest BCUT2D eigenvalue weighted by molar-refractivity contribution is 0.660. The summed E-state index contributed by atoms with van der Waals surface area (Å²) >= 11 is 0. The Morgan fingerprint density at radius 3 is 1.82 bits per heavy atom. The van der Waals surface area contributed by atoms with E-state index in [-0.39, 0.29) is 5.41 Å². The van der Waals surface area contributed by atoms with Crippen LogP contribution in [-0.4, -0.2) is 0 Å². The van der Waals surface area contributed by atoms with E-state index >= 15 is 0 Å². The average Bonchev–Trinajstić information content (AvgIpc) is 3.94. The average molecular weight is 770 g/mol. The molecule has 0 fully saturated rings. The molecule has 0 aliphatic heterocycles. The van der Waals surface area contributed by atoms with Crippen molar-refractivity contribution >= 4 is 60.9 Å². The lowest BCUT2D eigenvalue weighted by Gasteiger charge is -2.30. The van der Waals surface area contributed by atoms with Crippen molar-refractivity contribution in [2.75, 3.05) is 4.90 Å². The van der Waals surface area contributed by atoms with Crippen LogP contribution >= 0.6 is 0 Å². The first-order valence-corrected chi connectivity index (χ1v) is 20.7. The van der Waals surface area contributed by atoms with Gasteiger partial charge in [-0.3, -0.25) is 0 Å². The van der Waals surface area contributed by atoms with Crippen molar-refractivity contribution in [3.63, 3.8) is 0 Å². The van der Waals surface area contributed by atoms with Crippen LogP contribution in [0.4, 0.5) is 17.1 Å². The second-order valence-corrected chi connectivity index (χ2v) is 16.4. The molecule has 2 aromatic heterocycles. The minimum absolute atomic E-state index is 0.168. The summed E-state index contributed by atoms with van der Waals surface area (Å²) in [6, 6.07) is 71.7. The molecule has 3 nitrogen and oxygen atoms in total. The van der Waals surface area contributed by atoms with Gasteiger partial charge in [-0.15, -0.1) is 0 Å². The smallest absolute Gasteiger partial charge is 0.144 e. The monoisotopic (exact) mass is 769 g/mol. The van der Waals surface area contributed by atoms with Crippen LogP contribution in [0.2, 0.25) is 0 Å². The number of fused-ring (bicyclic) bond motifs is 9. The molecule has 0 atom stereocenters. The fourth-order valence-electron chi connectivity index (χ4n) is 9.84. The van der Waals surface area contributed by atoms with Gasteiger partial charge in [-0.1, -0.05) is 172 Å². The van der Waals surface area contributed by atoms with Gasteiger partial charge < -0.3 is 13.7 Å². The molecule has 284 valence electrons. The molecule has 1 aliphatic rings. The van der Waals surface area contributed by atoms with Crippen LogP contribution in [-0.2, 0) is 5.41 Å². The minimum atomic E-state index is -0.168. The van der Waals surface area contributed by atoms with Crippen LogP contribution in [0.25, 0.3) is 88.4 Å². The molecule has 0 amide bonds. The Hall–Kier alpha value is -7.62. The van der Waals surface area contributed by atoms with Crippen molar-refractivity contribution < 1.29 is 8.83 Å². The lowest BCUT2D eigenvalue weighted by atomic mass is 9.82. The standard InChI is InChI=1S/C57H39NO2/c1-57(2)46-23-12-9-21-42(46)43-33-32-40(34-47(43)57)58(48-24-13-10-20-41(48)38-18-7-4-8-19-38)49-25-15-27-51-54(49)45-35-52-55(44-22-11-14-26-50(44)59-52)53(56(45)60-51)39-30-28-37(29-31-39)36-16-5-3-6-17-36/h3-35H,1-2H3. The SMILES string of the molecule is CC1(C)c2ccccc2-c2ccc(N(c3ccccc3-c3ccccc3)c3cccc4oc5c(-c6ccc(-c7ccccc7)cc6)c6c(cc5c34)oc3ccccc36)cc21. The van der Waals surface area contributed by atoms with Gasteiger partial charge in [0.25, 0.3) is 0 Å². The summed E-state index contributed by atoms with van der Waals surface area (Å²) in [5.74, 6) is 0. The molecule has 11 aromatic rings. The molecule has 1 aliphatic carbocycles. The third-order valence-electron chi connectivity index (χ3n) is 12.7. The Balaban J connectivity index is 1.15. The Labute approximate surface area is 348 Å². The second-order valence-electron chi connectivity index (χ2n) is 16.4. The predicted octanol–water partition coefficient (Wildman–Crippen LogP) is 16.3. The van der Waals surface area contributed by atoms with Crippen LogP contribution in [0.5, 0.6) is 0 Å². The Morgan fingerprint density at radius 2 is 1.00 bits per heavy atom. The van der Waals surface area contributed by atoms with E-state index in [1.807, 2.05) is 6.07 Å². The van der Waals surface area contributed by atoms with Gasteiger partial charge in [0.1, 0.15) is 22.3 Å². The summed E-state index contributed by atoms with van der Waals surface area (Å²) in [6.45, 7) is 4.70. The highest BCUT2D eigenvalue weighted by Crippen LogP contribution is 2.53. The number of furan rings is 2. The third-order valence-corrected chi connectivity index (χ3v) is 12.7. The number of hydrogen-bond acceptors (Lipinski definition) is 3. The van der Waals surface area contributed by atoms with E-state index in [1.165, 1.54) is 33.4 Å². The molecule has 60 heavy (non-hydrogen) atoms. The zero-order chi connectivity index (χ0) is 40.0. The van der Waals surface area contributed by atoms with Gasteiger partial charge in [-0.05, 0) is 87.0 Å². The molecule has 0 saturated carbocycles. The maximum Gasteiger partial charge on any atom is 0.144 e. The van der Waals surface area contributed by atoms with Gasteiger partial charge in [0, 0.05) is 38.4 Å². The largest absolute Gasteiger partial charge is 0.456 e. The fraction of sp³-hybridized carbons (Fsp3) is 0.0526. The summed E-state index contributed by atoms with van der Waals surface area (Å²) in [6.07, 6.45) is 0. The number of rotatable bonds is 6. The fourth-order valence-corrected chi connectivity index (χ4v) is 9.84. The summed E-state index contributed by atoms with van der Waals surface area (Å²) in [4.78, 5) is 2.44. The first-order chi connectivity index (χ1) is 29.5. The molecule has 12 rings (SSSR count). The van der Waals surface area contributed by atoms with Gasteiger partial charge in [0.15, 0.2) is 0 Å². The first kappa shape index (κ1) is 34.4. The summed E-state index contributed by atoms with van der Waals surface area (Å²) in [7, 11) is 0. The van der Waals surface area contributed by atoms with E-state index < -0.39 is 0 Å². The molecular weight excluding hydrogens is 731 g/mol. The highest BCUT2D eigenvalue weighted by Gasteiger charge is 2.36. The van der Waals surface area contributed by atoms with E-state index in [9.17, 15) is 0 Å². The number of anilines is 3. The van der Waals surface area contributed by atoms with Crippen molar-refractivity contribution in [2.45, 2.75) is 19.3 Å². The molecule has 0 spiro atoms. The molecule has 3 heteroatoms. The van der Waals surface area contributed by atoms with Crippen LogP contribution in [0, 0.1) is 0 Å². The molecule has 9 aromatic carbocycles. The maximum absolute atomic E-state index is 7.14. The molecule has 0 unspecified atom stereocenters. The Kier molecular flexibility index (Phi) is 7.58. The topological polar surface area (TPSA) is 29.5 Å². The predicted molar refractivity (Wildman–Crippen MR) is 250 cm³/mol. The molecule has 0 bridgehead atoms. The summed E-state index contributed by atoms with van der Waals surface area (Å²) < 4.78 is 13.9. The van der Waals surface area contributed by atoms with Crippen molar-refractivity contribution in [3.05, 3.63) is 211 Å².